The number of hydrogen-bond acceptors (Lipinski definition) is 6. The van der Waals surface area contributed by atoms with Crippen molar-refractivity contribution in [3.8, 4) is 11.5 Å². The number of rotatable bonds is 9. The number of carboxylic acids is 1. The highest BCUT2D eigenvalue weighted by molar-refractivity contribution is 9.10. The van der Waals surface area contributed by atoms with Gasteiger partial charge < -0.3 is 25.3 Å². The Balaban J connectivity index is 1.38. The van der Waals surface area contributed by atoms with Crippen molar-refractivity contribution in [3.05, 3.63) is 82.3 Å². The van der Waals surface area contributed by atoms with Crippen LogP contribution >= 0.6 is 15.9 Å². The molecule has 1 saturated heterocycles. The maximum Gasteiger partial charge on any atom is 0.335 e. The lowest BCUT2D eigenvalue weighted by Gasteiger charge is -2.23. The summed E-state index contributed by atoms with van der Waals surface area (Å²) in [5, 5.41) is 16.2. The van der Waals surface area contributed by atoms with E-state index in [9.17, 15) is 14.4 Å². The Morgan fingerprint density at radius 2 is 1.76 bits per heavy atom. The average Bonchev–Trinajstić information content (AvgIpc) is 3.35. The molecule has 0 aromatic heterocycles. The summed E-state index contributed by atoms with van der Waals surface area (Å²) < 4.78 is 6.21. The molecule has 9 nitrogen and oxygen atoms in total. The number of halogens is 1. The van der Waals surface area contributed by atoms with Gasteiger partial charge in [0, 0.05) is 17.4 Å². The average molecular weight is 568 g/mol. The van der Waals surface area contributed by atoms with Crippen LogP contribution in [0.25, 0.3) is 0 Å². The van der Waals surface area contributed by atoms with Crippen molar-refractivity contribution in [2.75, 3.05) is 24.3 Å². The molecule has 1 fully saturated rings. The second-order valence-electron chi connectivity index (χ2n) is 8.46. The first-order chi connectivity index (χ1) is 17.8. The second-order valence-corrected chi connectivity index (χ2v) is 9.31. The summed E-state index contributed by atoms with van der Waals surface area (Å²) in [6.45, 7) is 0.593. The van der Waals surface area contributed by atoms with E-state index in [1.54, 1.807) is 41.5 Å². The number of Topliss-reactive ketones (excluding diaryl/α,β-unsaturated/α-hetero) is 1. The van der Waals surface area contributed by atoms with E-state index < -0.39 is 18.0 Å². The van der Waals surface area contributed by atoms with Crippen LogP contribution in [0.5, 0.6) is 11.5 Å². The molecule has 37 heavy (non-hydrogen) atoms. The normalized spacial score (nSPS) is 15.1. The van der Waals surface area contributed by atoms with Gasteiger partial charge in [-0.1, -0.05) is 18.2 Å². The largest absolute Gasteiger partial charge is 0.495 e. The predicted octanol–water partition coefficient (Wildman–Crippen LogP) is 5.37. The van der Waals surface area contributed by atoms with E-state index in [0.717, 1.165) is 16.5 Å². The zero-order chi connectivity index (χ0) is 26.4. The lowest BCUT2D eigenvalue weighted by Crippen LogP contribution is -2.39. The Labute approximate surface area is 222 Å². The predicted molar refractivity (Wildman–Crippen MR) is 142 cm³/mol. The highest BCUT2D eigenvalue weighted by atomic mass is 79.9. The topological polar surface area (TPSA) is 117 Å². The minimum atomic E-state index is -1.01. The van der Waals surface area contributed by atoms with Crippen LogP contribution in [0.15, 0.2) is 71.2 Å². The molecule has 0 saturated carbocycles. The minimum Gasteiger partial charge on any atom is -0.495 e. The van der Waals surface area contributed by atoms with Crippen LogP contribution in [0, 0.1) is 0 Å². The SMILES string of the molecule is COc1cc(CC(=O)[C@H]2CCCN2Oc2ccc(C(=O)O)cc2)ccc1NC(=O)Nc1ccccc1Br. The maximum absolute atomic E-state index is 13.1. The Bertz CT molecular complexity index is 1300. The molecule has 1 atom stereocenters. The Hall–Kier alpha value is -3.89. The van der Waals surface area contributed by atoms with Crippen molar-refractivity contribution < 1.29 is 29.1 Å². The molecule has 3 N–H and O–H groups in total. The molecule has 1 aliphatic heterocycles. The van der Waals surface area contributed by atoms with Crippen LogP contribution < -0.4 is 20.2 Å². The van der Waals surface area contributed by atoms with E-state index in [1.165, 1.54) is 19.2 Å². The van der Waals surface area contributed by atoms with E-state index in [4.69, 9.17) is 14.7 Å². The molecule has 0 radical (unpaired) electrons. The van der Waals surface area contributed by atoms with Gasteiger partial charge in [0.15, 0.2) is 5.78 Å². The quantitative estimate of drug-likeness (QED) is 0.318. The first-order valence-electron chi connectivity index (χ1n) is 11.6. The van der Waals surface area contributed by atoms with Gasteiger partial charge in [-0.25, -0.2) is 9.59 Å². The second kappa shape index (κ2) is 11.9. The molecular weight excluding hydrogens is 542 g/mol. The Morgan fingerprint density at radius 1 is 1.03 bits per heavy atom. The number of hydroxylamine groups is 2. The number of hydrogen-bond donors (Lipinski definition) is 3. The van der Waals surface area contributed by atoms with Crippen LogP contribution in [0.2, 0.25) is 0 Å². The summed E-state index contributed by atoms with van der Waals surface area (Å²) in [7, 11) is 1.50. The zero-order valence-electron chi connectivity index (χ0n) is 20.1. The molecule has 1 aliphatic rings. The summed E-state index contributed by atoms with van der Waals surface area (Å²) in [5.41, 5.74) is 2.01. The number of anilines is 2. The number of ether oxygens (including phenoxy) is 1. The summed E-state index contributed by atoms with van der Waals surface area (Å²) in [6.07, 6.45) is 1.64. The van der Waals surface area contributed by atoms with E-state index in [2.05, 4.69) is 26.6 Å². The van der Waals surface area contributed by atoms with Gasteiger partial charge in [-0.05, 0) is 82.9 Å². The summed E-state index contributed by atoms with van der Waals surface area (Å²) in [6, 6.07) is 17.7. The number of carbonyl (C=O) groups is 3. The van der Waals surface area contributed by atoms with Gasteiger partial charge >= 0.3 is 12.0 Å². The Kier molecular flexibility index (Phi) is 8.42. The van der Waals surface area contributed by atoms with Crippen molar-refractivity contribution in [1.82, 2.24) is 5.06 Å². The number of methoxy groups -OCH3 is 1. The van der Waals surface area contributed by atoms with Gasteiger partial charge in [-0.3, -0.25) is 4.79 Å². The molecule has 0 bridgehead atoms. The highest BCUT2D eigenvalue weighted by Gasteiger charge is 2.32. The van der Waals surface area contributed by atoms with Crippen molar-refractivity contribution in [2.45, 2.75) is 25.3 Å². The van der Waals surface area contributed by atoms with Gasteiger partial charge in [-0.2, -0.15) is 0 Å². The third-order valence-electron chi connectivity index (χ3n) is 5.91. The van der Waals surface area contributed by atoms with E-state index in [0.29, 0.717) is 35.8 Å². The molecule has 10 heteroatoms. The molecule has 0 spiro atoms. The lowest BCUT2D eigenvalue weighted by molar-refractivity contribution is -0.135. The number of carboxylic acid groups (broad SMARTS) is 1. The molecular formula is C27H26BrN3O6. The third-order valence-corrected chi connectivity index (χ3v) is 6.61. The van der Waals surface area contributed by atoms with E-state index >= 15 is 0 Å². The van der Waals surface area contributed by atoms with Crippen LogP contribution in [0.4, 0.5) is 16.2 Å². The molecule has 192 valence electrons. The number of urea groups is 1. The fourth-order valence-electron chi connectivity index (χ4n) is 4.07. The van der Waals surface area contributed by atoms with Gasteiger partial charge in [-0.15, -0.1) is 5.06 Å². The standard InChI is InChI=1S/C27H26BrN3O6/c1-36-25-16-17(8-13-22(25)30-27(35)29-21-6-3-2-5-20(21)28)15-24(32)23-7-4-14-31(23)37-19-11-9-18(10-12-19)26(33)34/h2-3,5-6,8-13,16,23H,4,7,14-15H2,1H3,(H,33,34)(H2,29,30,35)/t23-/m1/s1. The number of para-hydroxylation sites is 1. The molecule has 4 rings (SSSR count). The first-order valence-corrected chi connectivity index (χ1v) is 12.4. The van der Waals surface area contributed by atoms with Gasteiger partial charge in [0.05, 0.1) is 24.0 Å². The minimum absolute atomic E-state index is 0.00547. The maximum atomic E-state index is 13.1. The summed E-state index contributed by atoms with van der Waals surface area (Å²) in [5.74, 6) is -0.107. The number of amides is 2. The molecule has 0 aliphatic carbocycles. The summed E-state index contributed by atoms with van der Waals surface area (Å²) >= 11 is 3.40. The van der Waals surface area contributed by atoms with Crippen molar-refractivity contribution in [3.63, 3.8) is 0 Å². The number of nitrogens with zero attached hydrogens (tertiary/aromatic N) is 1. The zero-order valence-corrected chi connectivity index (χ0v) is 21.7. The van der Waals surface area contributed by atoms with Crippen molar-refractivity contribution >= 4 is 45.1 Å². The monoisotopic (exact) mass is 567 g/mol. The smallest absolute Gasteiger partial charge is 0.335 e. The van der Waals surface area contributed by atoms with Crippen LogP contribution in [-0.2, 0) is 11.2 Å². The molecule has 1 heterocycles. The Morgan fingerprint density at radius 3 is 2.46 bits per heavy atom. The third kappa shape index (κ3) is 6.66. The molecule has 2 amide bonds. The number of aromatic carboxylic acids is 1. The van der Waals surface area contributed by atoms with Gasteiger partial charge in [0.25, 0.3) is 0 Å². The van der Waals surface area contributed by atoms with Crippen molar-refractivity contribution in [2.24, 2.45) is 0 Å². The number of ketones is 1. The number of nitrogens with one attached hydrogen (secondary N) is 2. The first kappa shape index (κ1) is 26.2. The molecule has 3 aromatic carbocycles. The highest BCUT2D eigenvalue weighted by Crippen LogP contribution is 2.28. The van der Waals surface area contributed by atoms with Gasteiger partial charge in [0.2, 0.25) is 0 Å². The number of benzene rings is 3. The number of carbonyl (C=O) groups excluding carboxylic acids is 2. The van der Waals surface area contributed by atoms with Crippen LogP contribution in [0.3, 0.4) is 0 Å². The van der Waals surface area contributed by atoms with Crippen molar-refractivity contribution in [1.29, 1.82) is 0 Å². The van der Waals surface area contributed by atoms with E-state index in [1.807, 2.05) is 18.2 Å². The fourth-order valence-corrected chi connectivity index (χ4v) is 4.46. The molecule has 0 unspecified atom stereocenters. The van der Waals surface area contributed by atoms with Gasteiger partial charge in [0.1, 0.15) is 17.5 Å². The fraction of sp³-hybridized carbons (Fsp3) is 0.222. The van der Waals surface area contributed by atoms with Crippen LogP contribution in [0.1, 0.15) is 28.8 Å². The van der Waals surface area contributed by atoms with Crippen LogP contribution in [-0.4, -0.2) is 47.6 Å². The summed E-state index contributed by atoms with van der Waals surface area (Å²) in [4.78, 5) is 42.5. The molecule has 3 aromatic rings. The van der Waals surface area contributed by atoms with E-state index in [-0.39, 0.29) is 17.8 Å². The lowest BCUT2D eigenvalue weighted by atomic mass is 10.0.